The Morgan fingerprint density at radius 1 is 1.43 bits per heavy atom. The van der Waals surface area contributed by atoms with Crippen molar-refractivity contribution in [1.82, 2.24) is 0 Å². The predicted octanol–water partition coefficient (Wildman–Crippen LogP) is 2.65. The zero-order valence-electron chi connectivity index (χ0n) is 9.09. The first kappa shape index (κ1) is 11.0. The average Bonchev–Trinajstić information content (AvgIpc) is 2.50. The SMILES string of the molecule is COCc1ccc(C(=O)C(C)(C)C)o1. The molecule has 1 aromatic rings. The topological polar surface area (TPSA) is 39.4 Å². The van der Waals surface area contributed by atoms with Crippen LogP contribution < -0.4 is 0 Å². The fraction of sp³-hybridized carbons (Fsp3) is 0.545. The fourth-order valence-electron chi connectivity index (χ4n) is 1.09. The summed E-state index contributed by atoms with van der Waals surface area (Å²) in [7, 11) is 1.59. The van der Waals surface area contributed by atoms with E-state index >= 15 is 0 Å². The molecule has 0 unspecified atom stereocenters. The Labute approximate surface area is 84.1 Å². The quantitative estimate of drug-likeness (QED) is 0.698. The van der Waals surface area contributed by atoms with Crippen molar-refractivity contribution >= 4 is 5.78 Å². The number of carbonyl (C=O) groups excluding carboxylic acids is 1. The van der Waals surface area contributed by atoms with Gasteiger partial charge < -0.3 is 9.15 Å². The number of Topliss-reactive ketones (excluding diaryl/α,β-unsaturated/α-hetero) is 1. The Balaban J connectivity index is 2.82. The van der Waals surface area contributed by atoms with Crippen molar-refractivity contribution in [3.05, 3.63) is 23.7 Å². The van der Waals surface area contributed by atoms with Gasteiger partial charge in [0.05, 0.1) is 0 Å². The molecule has 0 aliphatic rings. The predicted molar refractivity (Wildman–Crippen MR) is 53.2 cm³/mol. The molecule has 0 fully saturated rings. The van der Waals surface area contributed by atoms with Crippen LogP contribution in [0.1, 0.15) is 37.1 Å². The molecule has 0 saturated heterocycles. The van der Waals surface area contributed by atoms with Gasteiger partial charge >= 0.3 is 0 Å². The average molecular weight is 196 g/mol. The normalized spacial score (nSPS) is 11.7. The van der Waals surface area contributed by atoms with Gasteiger partial charge in [0.2, 0.25) is 5.78 Å². The molecule has 0 bridgehead atoms. The molecule has 0 radical (unpaired) electrons. The van der Waals surface area contributed by atoms with Gasteiger partial charge in [-0.1, -0.05) is 20.8 Å². The number of ether oxygens (including phenoxy) is 1. The second-order valence-electron chi connectivity index (χ2n) is 4.28. The summed E-state index contributed by atoms with van der Waals surface area (Å²) < 4.78 is 10.2. The molecule has 1 aromatic heterocycles. The lowest BCUT2D eigenvalue weighted by Gasteiger charge is -2.13. The van der Waals surface area contributed by atoms with Crippen molar-refractivity contribution in [3.63, 3.8) is 0 Å². The molecule has 1 heterocycles. The third kappa shape index (κ3) is 2.45. The van der Waals surface area contributed by atoms with E-state index in [1.165, 1.54) is 0 Å². The molecular formula is C11H16O3. The molecule has 0 aliphatic heterocycles. The zero-order chi connectivity index (χ0) is 10.8. The van der Waals surface area contributed by atoms with Crippen LogP contribution in [0.4, 0.5) is 0 Å². The molecule has 0 aromatic carbocycles. The third-order valence-electron chi connectivity index (χ3n) is 1.85. The van der Waals surface area contributed by atoms with Gasteiger partial charge in [-0.15, -0.1) is 0 Å². The number of hydrogen-bond donors (Lipinski definition) is 0. The Bertz CT molecular complexity index is 318. The second-order valence-corrected chi connectivity index (χ2v) is 4.28. The summed E-state index contributed by atoms with van der Waals surface area (Å²) in [5.74, 6) is 1.10. The minimum atomic E-state index is -0.401. The summed E-state index contributed by atoms with van der Waals surface area (Å²) in [6.45, 7) is 6.01. The number of ketones is 1. The molecular weight excluding hydrogens is 180 g/mol. The maximum Gasteiger partial charge on any atom is 0.203 e. The molecule has 0 spiro atoms. The molecule has 78 valence electrons. The molecule has 0 atom stereocenters. The van der Waals surface area contributed by atoms with E-state index in [0.29, 0.717) is 18.1 Å². The van der Waals surface area contributed by atoms with Crippen molar-refractivity contribution in [2.75, 3.05) is 7.11 Å². The van der Waals surface area contributed by atoms with Crippen molar-refractivity contribution in [2.45, 2.75) is 27.4 Å². The van der Waals surface area contributed by atoms with Gasteiger partial charge in [0.15, 0.2) is 5.76 Å². The van der Waals surface area contributed by atoms with Crippen LogP contribution in [0.25, 0.3) is 0 Å². The summed E-state index contributed by atoms with van der Waals surface area (Å²) in [5.41, 5.74) is -0.401. The highest BCUT2D eigenvalue weighted by Crippen LogP contribution is 2.22. The summed E-state index contributed by atoms with van der Waals surface area (Å²) in [6, 6.07) is 3.46. The summed E-state index contributed by atoms with van der Waals surface area (Å²) in [5, 5.41) is 0. The Hall–Kier alpha value is -1.09. The molecule has 0 aliphatic carbocycles. The standard InChI is InChI=1S/C11H16O3/c1-11(2,3)10(12)9-6-5-8(14-9)7-13-4/h5-6H,7H2,1-4H3. The van der Waals surface area contributed by atoms with E-state index < -0.39 is 5.41 Å². The highest BCUT2D eigenvalue weighted by atomic mass is 16.5. The van der Waals surface area contributed by atoms with E-state index in [4.69, 9.17) is 9.15 Å². The number of rotatable bonds is 3. The van der Waals surface area contributed by atoms with Gasteiger partial charge in [0.1, 0.15) is 12.4 Å². The van der Waals surface area contributed by atoms with Crippen molar-refractivity contribution in [2.24, 2.45) is 5.41 Å². The number of hydrogen-bond acceptors (Lipinski definition) is 3. The molecule has 3 nitrogen and oxygen atoms in total. The van der Waals surface area contributed by atoms with E-state index in [9.17, 15) is 4.79 Å². The van der Waals surface area contributed by atoms with Crippen molar-refractivity contribution < 1.29 is 13.9 Å². The monoisotopic (exact) mass is 196 g/mol. The minimum absolute atomic E-state index is 0.0138. The highest BCUT2D eigenvalue weighted by molar-refractivity contribution is 5.97. The summed E-state index contributed by atoms with van der Waals surface area (Å²) in [4.78, 5) is 11.7. The van der Waals surface area contributed by atoms with E-state index in [0.717, 1.165) is 0 Å². The molecule has 0 amide bonds. The van der Waals surface area contributed by atoms with Gasteiger partial charge in [-0.3, -0.25) is 4.79 Å². The van der Waals surface area contributed by atoms with Gasteiger partial charge in [-0.05, 0) is 12.1 Å². The first-order valence-electron chi connectivity index (χ1n) is 4.57. The number of carbonyl (C=O) groups is 1. The molecule has 3 heteroatoms. The Kier molecular flexibility index (Phi) is 3.11. The van der Waals surface area contributed by atoms with Crippen molar-refractivity contribution in [3.8, 4) is 0 Å². The highest BCUT2D eigenvalue weighted by Gasteiger charge is 2.25. The number of methoxy groups -OCH3 is 1. The minimum Gasteiger partial charge on any atom is -0.455 e. The van der Waals surface area contributed by atoms with Crippen LogP contribution in [-0.2, 0) is 11.3 Å². The van der Waals surface area contributed by atoms with E-state index in [1.54, 1.807) is 19.2 Å². The van der Waals surface area contributed by atoms with Gasteiger partial charge in [0, 0.05) is 12.5 Å². The van der Waals surface area contributed by atoms with Crippen LogP contribution in [-0.4, -0.2) is 12.9 Å². The van der Waals surface area contributed by atoms with Crippen LogP contribution >= 0.6 is 0 Å². The van der Waals surface area contributed by atoms with Gasteiger partial charge in [-0.2, -0.15) is 0 Å². The van der Waals surface area contributed by atoms with E-state index in [2.05, 4.69) is 0 Å². The first-order chi connectivity index (χ1) is 6.45. The largest absolute Gasteiger partial charge is 0.455 e. The van der Waals surface area contributed by atoms with Crippen LogP contribution in [0.15, 0.2) is 16.5 Å². The lowest BCUT2D eigenvalue weighted by atomic mass is 9.89. The van der Waals surface area contributed by atoms with E-state index in [-0.39, 0.29) is 5.78 Å². The summed E-state index contributed by atoms with van der Waals surface area (Å²) >= 11 is 0. The molecule has 14 heavy (non-hydrogen) atoms. The Morgan fingerprint density at radius 2 is 2.07 bits per heavy atom. The molecule has 0 saturated carbocycles. The van der Waals surface area contributed by atoms with Crippen LogP contribution in [0.2, 0.25) is 0 Å². The molecule has 1 rings (SSSR count). The second kappa shape index (κ2) is 3.96. The van der Waals surface area contributed by atoms with Crippen LogP contribution in [0.3, 0.4) is 0 Å². The zero-order valence-corrected chi connectivity index (χ0v) is 9.09. The maximum atomic E-state index is 11.7. The number of furan rings is 1. The Morgan fingerprint density at radius 3 is 2.57 bits per heavy atom. The van der Waals surface area contributed by atoms with Crippen molar-refractivity contribution in [1.29, 1.82) is 0 Å². The van der Waals surface area contributed by atoms with Gasteiger partial charge in [0.25, 0.3) is 0 Å². The molecule has 0 N–H and O–H groups in total. The van der Waals surface area contributed by atoms with Gasteiger partial charge in [-0.25, -0.2) is 0 Å². The smallest absolute Gasteiger partial charge is 0.203 e. The first-order valence-corrected chi connectivity index (χ1v) is 4.57. The maximum absolute atomic E-state index is 11.7. The van der Waals surface area contributed by atoms with Crippen LogP contribution in [0.5, 0.6) is 0 Å². The lowest BCUT2D eigenvalue weighted by molar-refractivity contribution is 0.0820. The van der Waals surface area contributed by atoms with Crippen LogP contribution in [0, 0.1) is 5.41 Å². The lowest BCUT2D eigenvalue weighted by Crippen LogP contribution is -2.19. The summed E-state index contributed by atoms with van der Waals surface area (Å²) in [6.07, 6.45) is 0. The third-order valence-corrected chi connectivity index (χ3v) is 1.85. The fourth-order valence-corrected chi connectivity index (χ4v) is 1.09. The van der Waals surface area contributed by atoms with E-state index in [1.807, 2.05) is 20.8 Å².